The summed E-state index contributed by atoms with van der Waals surface area (Å²) < 4.78 is 11.0. The number of hydrogen-bond donors (Lipinski definition) is 1. The molecule has 108 valence electrons. The van der Waals surface area contributed by atoms with Gasteiger partial charge in [0.05, 0.1) is 6.61 Å². The lowest BCUT2D eigenvalue weighted by atomic mass is 10.1. The second-order valence-electron chi connectivity index (χ2n) is 3.91. The summed E-state index contributed by atoms with van der Waals surface area (Å²) in [6.07, 6.45) is 2.43. The van der Waals surface area contributed by atoms with Crippen LogP contribution in [0.1, 0.15) is 18.1 Å². The van der Waals surface area contributed by atoms with Crippen molar-refractivity contribution in [3.63, 3.8) is 0 Å². The van der Waals surface area contributed by atoms with Gasteiger partial charge in [-0.1, -0.05) is 15.9 Å². The van der Waals surface area contributed by atoms with Gasteiger partial charge in [-0.3, -0.25) is 0 Å². The number of aliphatic carboxylic acids is 1. The van der Waals surface area contributed by atoms with Gasteiger partial charge in [0.1, 0.15) is 5.75 Å². The third-order valence-electron chi connectivity index (χ3n) is 2.31. The van der Waals surface area contributed by atoms with E-state index >= 15 is 0 Å². The molecule has 0 bridgehead atoms. The van der Waals surface area contributed by atoms with E-state index in [1.807, 2.05) is 13.0 Å². The van der Waals surface area contributed by atoms with E-state index in [1.54, 1.807) is 13.0 Å². The number of benzene rings is 1. The highest BCUT2D eigenvalue weighted by atomic mass is 79.9. The number of rotatable bonds is 6. The average Bonchev–Trinajstić information content (AvgIpc) is 2.35. The molecule has 1 rings (SSSR count). The van der Waals surface area contributed by atoms with Crippen LogP contribution >= 0.6 is 15.9 Å². The van der Waals surface area contributed by atoms with Gasteiger partial charge in [-0.25, -0.2) is 9.59 Å². The van der Waals surface area contributed by atoms with Crippen molar-refractivity contribution in [3.05, 3.63) is 33.8 Å². The molecule has 0 saturated heterocycles. The predicted molar refractivity (Wildman–Crippen MR) is 77.7 cm³/mol. The van der Waals surface area contributed by atoms with Gasteiger partial charge in [0, 0.05) is 16.1 Å². The highest BCUT2D eigenvalue weighted by Gasteiger charge is 2.10. The molecule has 1 N–H and O–H groups in total. The number of carboxylic acid groups (broad SMARTS) is 1. The summed E-state index contributed by atoms with van der Waals surface area (Å²) in [5, 5.41) is 8.68. The van der Waals surface area contributed by atoms with Crippen molar-refractivity contribution in [1.29, 1.82) is 0 Å². The molecule has 0 unspecified atom stereocenters. The number of carbonyl (C=O) groups is 2. The molecule has 0 fully saturated rings. The maximum Gasteiger partial charge on any atom is 0.344 e. The molecule has 6 heteroatoms. The van der Waals surface area contributed by atoms with Gasteiger partial charge < -0.3 is 14.6 Å². The van der Waals surface area contributed by atoms with Crippen LogP contribution in [0.3, 0.4) is 0 Å². The summed E-state index contributed by atoms with van der Waals surface area (Å²) in [6, 6.07) is 3.53. The van der Waals surface area contributed by atoms with Crippen LogP contribution in [-0.4, -0.2) is 30.3 Å². The van der Waals surface area contributed by atoms with E-state index in [2.05, 4.69) is 15.9 Å². The van der Waals surface area contributed by atoms with Crippen LogP contribution in [0.4, 0.5) is 0 Å². The van der Waals surface area contributed by atoms with Crippen molar-refractivity contribution in [3.8, 4) is 5.75 Å². The molecular formula is C14H15BrO5. The molecule has 5 nitrogen and oxygen atoms in total. The fourth-order valence-corrected chi connectivity index (χ4v) is 2.16. The summed E-state index contributed by atoms with van der Waals surface area (Å²) in [6.45, 7) is 3.59. The minimum absolute atomic E-state index is 0.218. The quantitative estimate of drug-likeness (QED) is 0.635. The Hall–Kier alpha value is -1.82. The van der Waals surface area contributed by atoms with E-state index in [1.165, 1.54) is 6.08 Å². The Bertz CT molecular complexity index is 537. The van der Waals surface area contributed by atoms with Crippen molar-refractivity contribution in [2.75, 3.05) is 13.2 Å². The summed E-state index contributed by atoms with van der Waals surface area (Å²) >= 11 is 3.33. The van der Waals surface area contributed by atoms with Crippen LogP contribution in [0.5, 0.6) is 5.75 Å². The van der Waals surface area contributed by atoms with Crippen molar-refractivity contribution in [2.45, 2.75) is 13.8 Å². The number of halogens is 1. The van der Waals surface area contributed by atoms with Crippen LogP contribution in [0.15, 0.2) is 22.7 Å². The molecule has 0 heterocycles. The highest BCUT2D eigenvalue weighted by molar-refractivity contribution is 9.10. The van der Waals surface area contributed by atoms with Crippen LogP contribution < -0.4 is 4.74 Å². The Balaban J connectivity index is 2.98. The topological polar surface area (TPSA) is 72.8 Å². The van der Waals surface area contributed by atoms with Crippen molar-refractivity contribution >= 4 is 33.9 Å². The fourth-order valence-electron chi connectivity index (χ4n) is 1.57. The van der Waals surface area contributed by atoms with Gasteiger partial charge in [0.2, 0.25) is 0 Å². The smallest absolute Gasteiger partial charge is 0.344 e. The van der Waals surface area contributed by atoms with Crippen LogP contribution in [0, 0.1) is 6.92 Å². The number of ether oxygens (including phenoxy) is 2. The standard InChI is InChI=1S/C14H15BrO5/c1-3-19-13(18)8-20-14-9(2)6-11(15)7-10(14)4-5-12(16)17/h4-7H,3,8H2,1-2H3,(H,16,17)/b5-4+. The Kier molecular flexibility index (Phi) is 6.24. The van der Waals surface area contributed by atoms with Gasteiger partial charge in [0.25, 0.3) is 0 Å². The molecule has 0 radical (unpaired) electrons. The van der Waals surface area contributed by atoms with Crippen LogP contribution in [-0.2, 0) is 14.3 Å². The monoisotopic (exact) mass is 342 g/mol. The molecule has 0 saturated carbocycles. The zero-order valence-corrected chi connectivity index (χ0v) is 12.8. The molecule has 1 aromatic carbocycles. The Labute approximate surface area is 125 Å². The molecule has 20 heavy (non-hydrogen) atoms. The first-order chi connectivity index (χ1) is 9.43. The fraction of sp³-hybridized carbons (Fsp3) is 0.286. The minimum Gasteiger partial charge on any atom is -0.481 e. The minimum atomic E-state index is -1.06. The molecule has 0 atom stereocenters. The van der Waals surface area contributed by atoms with E-state index in [9.17, 15) is 9.59 Å². The first-order valence-electron chi connectivity index (χ1n) is 5.93. The second-order valence-corrected chi connectivity index (χ2v) is 4.82. The maximum absolute atomic E-state index is 11.3. The lowest BCUT2D eigenvalue weighted by Crippen LogP contribution is -2.15. The first kappa shape index (κ1) is 16.2. The molecule has 1 aromatic rings. The van der Waals surface area contributed by atoms with E-state index in [0.717, 1.165) is 16.1 Å². The lowest BCUT2D eigenvalue weighted by Gasteiger charge is -2.12. The van der Waals surface area contributed by atoms with Crippen LogP contribution in [0.25, 0.3) is 6.08 Å². The number of aryl methyl sites for hydroxylation is 1. The van der Waals surface area contributed by atoms with Crippen molar-refractivity contribution < 1.29 is 24.2 Å². The number of carboxylic acids is 1. The SMILES string of the molecule is CCOC(=O)COc1c(C)cc(Br)cc1/C=C/C(=O)O. The van der Waals surface area contributed by atoms with E-state index in [-0.39, 0.29) is 13.2 Å². The Morgan fingerprint density at radius 1 is 1.40 bits per heavy atom. The Morgan fingerprint density at radius 2 is 2.10 bits per heavy atom. The normalized spacial score (nSPS) is 10.6. The third-order valence-corrected chi connectivity index (χ3v) is 2.77. The zero-order chi connectivity index (χ0) is 15.1. The van der Waals surface area contributed by atoms with E-state index < -0.39 is 11.9 Å². The van der Waals surface area contributed by atoms with E-state index in [4.69, 9.17) is 14.6 Å². The molecule has 0 spiro atoms. The number of carbonyl (C=O) groups excluding carboxylic acids is 1. The molecule has 0 aliphatic heterocycles. The Morgan fingerprint density at radius 3 is 2.70 bits per heavy atom. The second kappa shape index (κ2) is 7.69. The van der Waals surface area contributed by atoms with Gasteiger partial charge in [-0.2, -0.15) is 0 Å². The van der Waals surface area contributed by atoms with E-state index in [0.29, 0.717) is 11.3 Å². The third kappa shape index (κ3) is 5.05. The summed E-state index contributed by atoms with van der Waals surface area (Å²) in [5.74, 6) is -1.07. The summed E-state index contributed by atoms with van der Waals surface area (Å²) in [7, 11) is 0. The summed E-state index contributed by atoms with van der Waals surface area (Å²) in [5.41, 5.74) is 1.36. The molecular weight excluding hydrogens is 328 g/mol. The highest BCUT2D eigenvalue weighted by Crippen LogP contribution is 2.29. The largest absolute Gasteiger partial charge is 0.481 e. The first-order valence-corrected chi connectivity index (χ1v) is 6.73. The maximum atomic E-state index is 11.3. The van der Waals surface area contributed by atoms with Crippen molar-refractivity contribution in [1.82, 2.24) is 0 Å². The van der Waals surface area contributed by atoms with Gasteiger partial charge >= 0.3 is 11.9 Å². The summed E-state index contributed by atoms with van der Waals surface area (Å²) in [4.78, 5) is 21.9. The molecule has 0 amide bonds. The van der Waals surface area contributed by atoms with Crippen LogP contribution in [0.2, 0.25) is 0 Å². The molecule has 0 aliphatic carbocycles. The lowest BCUT2D eigenvalue weighted by molar-refractivity contribution is -0.145. The van der Waals surface area contributed by atoms with Gasteiger partial charge in [-0.05, 0) is 37.6 Å². The van der Waals surface area contributed by atoms with Crippen molar-refractivity contribution in [2.24, 2.45) is 0 Å². The predicted octanol–water partition coefficient (Wildman–Crippen LogP) is 2.80. The van der Waals surface area contributed by atoms with Gasteiger partial charge in [-0.15, -0.1) is 0 Å². The molecule has 0 aliphatic rings. The number of esters is 1. The number of hydrogen-bond acceptors (Lipinski definition) is 4. The zero-order valence-electron chi connectivity index (χ0n) is 11.2. The average molecular weight is 343 g/mol. The molecule has 0 aromatic heterocycles. The van der Waals surface area contributed by atoms with Gasteiger partial charge in [0.15, 0.2) is 6.61 Å².